The highest BCUT2D eigenvalue weighted by molar-refractivity contribution is 6.42. The fourth-order valence-corrected chi connectivity index (χ4v) is 2.63. The van der Waals surface area contributed by atoms with Crippen LogP contribution in [0.5, 0.6) is 5.75 Å². The van der Waals surface area contributed by atoms with Crippen LogP contribution < -0.4 is 10.5 Å². The first kappa shape index (κ1) is 18.9. The molecule has 0 radical (unpaired) electrons. The van der Waals surface area contributed by atoms with Gasteiger partial charge in [0.15, 0.2) is 0 Å². The highest BCUT2D eigenvalue weighted by Gasteiger charge is 2.17. The van der Waals surface area contributed by atoms with E-state index in [9.17, 15) is 5.11 Å². The summed E-state index contributed by atoms with van der Waals surface area (Å²) >= 11 is 12.0. The van der Waals surface area contributed by atoms with Crippen molar-refractivity contribution in [2.45, 2.75) is 19.1 Å². The summed E-state index contributed by atoms with van der Waals surface area (Å²) in [5.74, 6) is 0.684. The molecule has 4 nitrogen and oxygen atoms in total. The molecule has 0 aliphatic rings. The van der Waals surface area contributed by atoms with Crippen molar-refractivity contribution < 1.29 is 9.84 Å². The van der Waals surface area contributed by atoms with Crippen LogP contribution in [-0.4, -0.2) is 36.3 Å². The summed E-state index contributed by atoms with van der Waals surface area (Å²) in [4.78, 5) is 2.04. The molecule has 0 aromatic heterocycles. The van der Waals surface area contributed by atoms with E-state index in [1.165, 1.54) is 0 Å². The van der Waals surface area contributed by atoms with Crippen molar-refractivity contribution in [2.24, 2.45) is 0 Å². The van der Waals surface area contributed by atoms with Crippen LogP contribution in [0, 0.1) is 0 Å². The minimum Gasteiger partial charge on any atom is -0.491 e. The maximum Gasteiger partial charge on any atom is 0.119 e. The molecule has 0 bridgehead atoms. The molecule has 0 saturated carbocycles. The van der Waals surface area contributed by atoms with E-state index in [-0.39, 0.29) is 12.6 Å². The van der Waals surface area contributed by atoms with Crippen LogP contribution in [0.15, 0.2) is 42.5 Å². The van der Waals surface area contributed by atoms with E-state index < -0.39 is 6.10 Å². The summed E-state index contributed by atoms with van der Waals surface area (Å²) in [6.07, 6.45) is -0.613. The zero-order valence-electron chi connectivity index (χ0n) is 13.7. The molecule has 0 fully saturated rings. The summed E-state index contributed by atoms with van der Waals surface area (Å²) in [6, 6.07) is 12.7. The van der Waals surface area contributed by atoms with Crippen molar-refractivity contribution in [3.63, 3.8) is 0 Å². The molecule has 24 heavy (non-hydrogen) atoms. The number of halogens is 2. The normalized spacial score (nSPS) is 13.8. The van der Waals surface area contributed by atoms with Crippen LogP contribution in [0.3, 0.4) is 0 Å². The number of likely N-dealkylation sites (N-methyl/N-ethyl adjacent to an activating group) is 1. The number of aliphatic hydroxyl groups excluding tert-OH is 1. The van der Waals surface area contributed by atoms with Crippen molar-refractivity contribution in [1.82, 2.24) is 4.90 Å². The molecule has 2 aromatic carbocycles. The SMILES string of the molecule is CC(c1ccc(Cl)c(Cl)c1)N(C)CC(O)COc1ccc(N)cc1. The summed E-state index contributed by atoms with van der Waals surface area (Å²) in [7, 11) is 1.94. The van der Waals surface area contributed by atoms with E-state index in [1.807, 2.05) is 31.0 Å². The van der Waals surface area contributed by atoms with Crippen LogP contribution in [0.2, 0.25) is 10.0 Å². The van der Waals surface area contributed by atoms with Gasteiger partial charge in [0.05, 0.1) is 10.0 Å². The van der Waals surface area contributed by atoms with Gasteiger partial charge >= 0.3 is 0 Å². The summed E-state index contributed by atoms with van der Waals surface area (Å²) in [5, 5.41) is 11.3. The Morgan fingerprint density at radius 2 is 1.79 bits per heavy atom. The maximum absolute atomic E-state index is 10.2. The predicted molar refractivity (Wildman–Crippen MR) is 99.9 cm³/mol. The lowest BCUT2D eigenvalue weighted by atomic mass is 10.1. The van der Waals surface area contributed by atoms with Gasteiger partial charge in [0.1, 0.15) is 18.5 Å². The quantitative estimate of drug-likeness (QED) is 0.724. The van der Waals surface area contributed by atoms with E-state index in [1.54, 1.807) is 30.3 Å². The first-order valence-electron chi connectivity index (χ1n) is 7.68. The van der Waals surface area contributed by atoms with Crippen LogP contribution in [-0.2, 0) is 0 Å². The fraction of sp³-hybridized carbons (Fsp3) is 0.333. The summed E-state index contributed by atoms with van der Waals surface area (Å²) in [6.45, 7) is 2.73. The molecule has 0 spiro atoms. The van der Waals surface area contributed by atoms with Gasteiger partial charge in [0.2, 0.25) is 0 Å². The molecule has 3 N–H and O–H groups in total. The van der Waals surface area contributed by atoms with Gasteiger partial charge in [-0.15, -0.1) is 0 Å². The minimum atomic E-state index is -0.613. The third-order valence-electron chi connectivity index (χ3n) is 3.91. The summed E-state index contributed by atoms with van der Waals surface area (Å²) < 4.78 is 5.57. The minimum absolute atomic E-state index is 0.0888. The highest BCUT2D eigenvalue weighted by atomic mass is 35.5. The van der Waals surface area contributed by atoms with Crippen molar-refractivity contribution >= 4 is 28.9 Å². The van der Waals surface area contributed by atoms with Crippen LogP contribution in [0.1, 0.15) is 18.5 Å². The monoisotopic (exact) mass is 368 g/mol. The molecule has 0 saturated heterocycles. The molecule has 0 aliphatic heterocycles. The molecular weight excluding hydrogens is 347 g/mol. The zero-order chi connectivity index (χ0) is 17.7. The highest BCUT2D eigenvalue weighted by Crippen LogP contribution is 2.27. The van der Waals surface area contributed by atoms with Crippen molar-refractivity contribution in [1.29, 1.82) is 0 Å². The molecule has 0 aliphatic carbocycles. The first-order valence-corrected chi connectivity index (χ1v) is 8.44. The van der Waals surface area contributed by atoms with Gasteiger partial charge in [-0.2, -0.15) is 0 Å². The van der Waals surface area contributed by atoms with Crippen molar-refractivity contribution in [2.75, 3.05) is 25.9 Å². The summed E-state index contributed by atoms with van der Waals surface area (Å²) in [5.41, 5.74) is 7.35. The molecule has 2 aromatic rings. The second-order valence-corrected chi connectivity index (χ2v) is 6.64. The lowest BCUT2D eigenvalue weighted by Crippen LogP contribution is -2.34. The van der Waals surface area contributed by atoms with Gasteiger partial charge in [0, 0.05) is 18.3 Å². The van der Waals surface area contributed by atoms with Crippen LogP contribution >= 0.6 is 23.2 Å². The number of ether oxygens (including phenoxy) is 1. The lowest BCUT2D eigenvalue weighted by molar-refractivity contribution is 0.0654. The van der Waals surface area contributed by atoms with Gasteiger partial charge in [-0.1, -0.05) is 29.3 Å². The number of hydrogen-bond donors (Lipinski definition) is 2. The fourth-order valence-electron chi connectivity index (χ4n) is 2.33. The van der Waals surface area contributed by atoms with Crippen LogP contribution in [0.25, 0.3) is 0 Å². The Kier molecular flexibility index (Phi) is 6.75. The van der Waals surface area contributed by atoms with E-state index in [0.29, 0.717) is 28.0 Å². The number of nitrogens with two attached hydrogens (primary N) is 1. The van der Waals surface area contributed by atoms with E-state index >= 15 is 0 Å². The number of nitrogen functional groups attached to an aromatic ring is 1. The molecule has 2 rings (SSSR count). The largest absolute Gasteiger partial charge is 0.491 e. The molecule has 130 valence electrons. The van der Waals surface area contributed by atoms with Gasteiger partial charge in [-0.05, 0) is 55.9 Å². The Balaban J connectivity index is 1.86. The second-order valence-electron chi connectivity index (χ2n) is 5.82. The Labute approximate surface area is 152 Å². The molecule has 2 atom stereocenters. The van der Waals surface area contributed by atoms with E-state index in [0.717, 1.165) is 5.56 Å². The Morgan fingerprint density at radius 3 is 2.42 bits per heavy atom. The van der Waals surface area contributed by atoms with E-state index in [4.69, 9.17) is 33.7 Å². The number of benzene rings is 2. The van der Waals surface area contributed by atoms with Crippen molar-refractivity contribution in [3.05, 3.63) is 58.1 Å². The zero-order valence-corrected chi connectivity index (χ0v) is 15.3. The number of hydrogen-bond acceptors (Lipinski definition) is 4. The Bertz CT molecular complexity index is 665. The number of anilines is 1. The van der Waals surface area contributed by atoms with Crippen molar-refractivity contribution in [3.8, 4) is 5.75 Å². The molecule has 0 amide bonds. The number of aliphatic hydroxyl groups is 1. The average Bonchev–Trinajstić information content (AvgIpc) is 2.56. The standard InChI is InChI=1S/C18H22Cl2N2O2/c1-12(13-3-8-17(19)18(20)9-13)22(2)10-15(23)11-24-16-6-4-14(21)5-7-16/h3-9,12,15,23H,10-11,21H2,1-2H3. The molecular formula is C18H22Cl2N2O2. The topological polar surface area (TPSA) is 58.7 Å². The average molecular weight is 369 g/mol. The van der Waals surface area contributed by atoms with Gasteiger partial charge in [0.25, 0.3) is 0 Å². The molecule has 0 heterocycles. The molecule has 2 unspecified atom stereocenters. The van der Waals surface area contributed by atoms with Gasteiger partial charge in [-0.3, -0.25) is 4.90 Å². The maximum atomic E-state index is 10.2. The lowest BCUT2D eigenvalue weighted by Gasteiger charge is -2.27. The third-order valence-corrected chi connectivity index (χ3v) is 4.65. The van der Waals surface area contributed by atoms with Gasteiger partial charge in [-0.25, -0.2) is 0 Å². The molecule has 6 heteroatoms. The number of nitrogens with zero attached hydrogens (tertiary/aromatic N) is 1. The van der Waals surface area contributed by atoms with Gasteiger partial charge < -0.3 is 15.6 Å². The smallest absolute Gasteiger partial charge is 0.119 e. The Morgan fingerprint density at radius 1 is 1.12 bits per heavy atom. The number of rotatable bonds is 7. The third kappa shape index (κ3) is 5.28. The predicted octanol–water partition coefficient (Wildman–Crippen LogP) is 4.01. The van der Waals surface area contributed by atoms with Crippen LogP contribution in [0.4, 0.5) is 5.69 Å². The Hall–Kier alpha value is -1.46. The second kappa shape index (κ2) is 8.58. The first-order chi connectivity index (χ1) is 11.4. The van der Waals surface area contributed by atoms with E-state index in [2.05, 4.69) is 0 Å².